The molecular formula is C13H18BrFN2O3S. The lowest BCUT2D eigenvalue weighted by Gasteiger charge is -2.38. The lowest BCUT2D eigenvalue weighted by atomic mass is 9.96. The maximum Gasteiger partial charge on any atom is 0.245 e. The van der Waals surface area contributed by atoms with Crippen molar-refractivity contribution in [3.8, 4) is 0 Å². The van der Waals surface area contributed by atoms with E-state index in [0.717, 1.165) is 12.5 Å². The number of halogens is 2. The molecule has 2 rings (SSSR count). The van der Waals surface area contributed by atoms with Crippen LogP contribution in [0.3, 0.4) is 0 Å². The van der Waals surface area contributed by atoms with E-state index in [-0.39, 0.29) is 21.6 Å². The molecule has 0 saturated carbocycles. The summed E-state index contributed by atoms with van der Waals surface area (Å²) in [5.41, 5.74) is 5.07. The molecule has 0 amide bonds. The molecular weight excluding hydrogens is 363 g/mol. The number of piperidine rings is 1. The van der Waals surface area contributed by atoms with Gasteiger partial charge in [-0.25, -0.2) is 12.8 Å². The van der Waals surface area contributed by atoms with Crippen LogP contribution in [0.4, 0.5) is 10.1 Å². The van der Waals surface area contributed by atoms with E-state index >= 15 is 0 Å². The molecule has 1 unspecified atom stereocenters. The highest BCUT2D eigenvalue weighted by atomic mass is 79.9. The highest BCUT2D eigenvalue weighted by Crippen LogP contribution is 2.32. The summed E-state index contributed by atoms with van der Waals surface area (Å²) in [4.78, 5) is -0.0869. The van der Waals surface area contributed by atoms with Crippen LogP contribution >= 0.6 is 15.9 Å². The van der Waals surface area contributed by atoms with Crippen molar-refractivity contribution in [2.24, 2.45) is 0 Å². The van der Waals surface area contributed by atoms with E-state index in [1.54, 1.807) is 7.11 Å². The third-order valence-electron chi connectivity index (χ3n) is 3.79. The fourth-order valence-corrected chi connectivity index (χ4v) is 4.65. The molecule has 0 radical (unpaired) electrons. The molecule has 118 valence electrons. The number of nitrogens with zero attached hydrogens (tertiary/aromatic N) is 1. The Bertz CT molecular complexity index is 653. The maximum atomic E-state index is 13.4. The molecule has 0 bridgehead atoms. The van der Waals surface area contributed by atoms with Gasteiger partial charge in [-0.15, -0.1) is 0 Å². The highest BCUT2D eigenvalue weighted by molar-refractivity contribution is 9.10. The Labute approximate surface area is 132 Å². The van der Waals surface area contributed by atoms with Crippen LogP contribution < -0.4 is 5.73 Å². The monoisotopic (exact) mass is 380 g/mol. The molecule has 1 heterocycles. The van der Waals surface area contributed by atoms with Crippen molar-refractivity contribution in [3.05, 3.63) is 22.4 Å². The second kappa shape index (κ2) is 5.83. The Hall–Kier alpha value is -0.700. The molecule has 1 aliphatic rings. The Balaban J connectivity index is 2.41. The zero-order chi connectivity index (χ0) is 15.8. The third kappa shape index (κ3) is 3.23. The molecule has 0 spiro atoms. The minimum Gasteiger partial charge on any atom is -0.398 e. The van der Waals surface area contributed by atoms with Crippen LogP contribution in [0, 0.1) is 5.82 Å². The molecule has 8 heteroatoms. The van der Waals surface area contributed by atoms with Crippen LogP contribution in [0.15, 0.2) is 21.5 Å². The van der Waals surface area contributed by atoms with Crippen molar-refractivity contribution >= 4 is 31.6 Å². The standard InChI is InChI=1S/C13H18BrFN2O3S/c1-13(20-2)4-3-5-17(8-13)21(18,19)12-6-9(14)10(15)7-11(12)16/h6-7H,3-5,8,16H2,1-2H3. The number of methoxy groups -OCH3 is 1. The van der Waals surface area contributed by atoms with Crippen molar-refractivity contribution in [2.45, 2.75) is 30.3 Å². The minimum absolute atomic E-state index is 0.0711. The maximum absolute atomic E-state index is 13.4. The van der Waals surface area contributed by atoms with E-state index in [1.165, 1.54) is 10.4 Å². The Morgan fingerprint density at radius 3 is 2.76 bits per heavy atom. The summed E-state index contributed by atoms with van der Waals surface area (Å²) in [6.07, 6.45) is 1.49. The van der Waals surface area contributed by atoms with Gasteiger partial charge in [0, 0.05) is 20.2 Å². The first-order chi connectivity index (χ1) is 9.69. The largest absolute Gasteiger partial charge is 0.398 e. The number of sulfonamides is 1. The van der Waals surface area contributed by atoms with Crippen LogP contribution in [0.25, 0.3) is 0 Å². The molecule has 2 N–H and O–H groups in total. The van der Waals surface area contributed by atoms with E-state index < -0.39 is 21.4 Å². The van der Waals surface area contributed by atoms with Crippen molar-refractivity contribution in [3.63, 3.8) is 0 Å². The normalized spacial score (nSPS) is 24.2. The molecule has 0 aromatic heterocycles. The number of anilines is 1. The molecule has 21 heavy (non-hydrogen) atoms. The van der Waals surface area contributed by atoms with Crippen LogP contribution in [0.2, 0.25) is 0 Å². The average molecular weight is 381 g/mol. The Kier molecular flexibility index (Phi) is 4.63. The van der Waals surface area contributed by atoms with Crippen LogP contribution in [-0.4, -0.2) is 38.5 Å². The quantitative estimate of drug-likeness (QED) is 0.816. The fraction of sp³-hybridized carbons (Fsp3) is 0.538. The van der Waals surface area contributed by atoms with Gasteiger partial charge in [0.1, 0.15) is 10.7 Å². The van der Waals surface area contributed by atoms with Crippen molar-refractivity contribution < 1.29 is 17.5 Å². The van der Waals surface area contributed by atoms with Gasteiger partial charge >= 0.3 is 0 Å². The van der Waals surface area contributed by atoms with Gasteiger partial charge in [0.2, 0.25) is 10.0 Å². The lowest BCUT2D eigenvalue weighted by molar-refractivity contribution is -0.0319. The minimum atomic E-state index is -3.78. The van der Waals surface area contributed by atoms with Crippen LogP contribution in [0.1, 0.15) is 19.8 Å². The van der Waals surface area contributed by atoms with Gasteiger partial charge in [-0.3, -0.25) is 0 Å². The second-order valence-electron chi connectivity index (χ2n) is 5.40. The summed E-state index contributed by atoms with van der Waals surface area (Å²) in [7, 11) is -2.21. The van der Waals surface area contributed by atoms with Gasteiger partial charge in [0.15, 0.2) is 0 Å². The summed E-state index contributed by atoms with van der Waals surface area (Å²) < 4.78 is 45.7. The highest BCUT2D eigenvalue weighted by Gasteiger charge is 2.37. The van der Waals surface area contributed by atoms with E-state index in [9.17, 15) is 12.8 Å². The molecule has 1 aromatic carbocycles. The van der Waals surface area contributed by atoms with Gasteiger partial charge in [-0.1, -0.05) is 0 Å². The lowest BCUT2D eigenvalue weighted by Crippen LogP contribution is -2.49. The SMILES string of the molecule is COC1(C)CCCN(S(=O)(=O)c2cc(Br)c(F)cc2N)C1. The predicted octanol–water partition coefficient (Wildman–Crippen LogP) is 2.36. The first kappa shape index (κ1) is 16.7. The molecule has 1 atom stereocenters. The molecule has 1 saturated heterocycles. The Morgan fingerprint density at radius 1 is 1.48 bits per heavy atom. The van der Waals surface area contributed by atoms with Crippen molar-refractivity contribution in [1.29, 1.82) is 0 Å². The number of rotatable bonds is 3. The smallest absolute Gasteiger partial charge is 0.245 e. The number of ether oxygens (including phenoxy) is 1. The van der Waals surface area contributed by atoms with Crippen LogP contribution in [-0.2, 0) is 14.8 Å². The summed E-state index contributed by atoms with van der Waals surface area (Å²) in [6.45, 7) is 2.52. The average Bonchev–Trinajstić information content (AvgIpc) is 2.42. The number of nitrogens with two attached hydrogens (primary N) is 1. The number of hydrogen-bond donors (Lipinski definition) is 1. The zero-order valence-corrected chi connectivity index (χ0v) is 14.3. The molecule has 1 aliphatic heterocycles. The Morgan fingerprint density at radius 2 is 2.14 bits per heavy atom. The zero-order valence-electron chi connectivity index (χ0n) is 11.9. The fourth-order valence-electron chi connectivity index (χ4n) is 2.44. The summed E-state index contributed by atoms with van der Waals surface area (Å²) >= 11 is 2.99. The van der Waals surface area contributed by atoms with Gasteiger partial charge < -0.3 is 10.5 Å². The van der Waals surface area contributed by atoms with Gasteiger partial charge in [0.25, 0.3) is 0 Å². The molecule has 1 aromatic rings. The van der Waals surface area contributed by atoms with E-state index in [4.69, 9.17) is 10.5 Å². The summed E-state index contributed by atoms with van der Waals surface area (Å²) in [5, 5.41) is 0. The topological polar surface area (TPSA) is 72.6 Å². The summed E-state index contributed by atoms with van der Waals surface area (Å²) in [5.74, 6) is -0.591. The number of benzene rings is 1. The van der Waals surface area contributed by atoms with Gasteiger partial charge in [-0.05, 0) is 47.8 Å². The van der Waals surface area contributed by atoms with Gasteiger partial charge in [0.05, 0.1) is 15.8 Å². The second-order valence-corrected chi connectivity index (χ2v) is 8.16. The first-order valence-electron chi connectivity index (χ1n) is 6.49. The number of nitrogen functional groups attached to an aromatic ring is 1. The molecule has 0 aliphatic carbocycles. The van der Waals surface area contributed by atoms with E-state index in [2.05, 4.69) is 15.9 Å². The predicted molar refractivity (Wildman–Crippen MR) is 81.9 cm³/mol. The molecule has 1 fully saturated rings. The van der Waals surface area contributed by atoms with Gasteiger partial charge in [-0.2, -0.15) is 4.31 Å². The van der Waals surface area contributed by atoms with Crippen molar-refractivity contribution in [1.82, 2.24) is 4.31 Å². The molecule has 5 nitrogen and oxygen atoms in total. The van der Waals surface area contributed by atoms with E-state index in [0.29, 0.717) is 13.0 Å². The van der Waals surface area contributed by atoms with Crippen molar-refractivity contribution in [2.75, 3.05) is 25.9 Å². The first-order valence-corrected chi connectivity index (χ1v) is 8.73. The number of hydrogen-bond acceptors (Lipinski definition) is 4. The van der Waals surface area contributed by atoms with Crippen LogP contribution in [0.5, 0.6) is 0 Å². The third-order valence-corrected chi connectivity index (χ3v) is 6.30. The summed E-state index contributed by atoms with van der Waals surface area (Å²) in [6, 6.07) is 2.22. The van der Waals surface area contributed by atoms with E-state index in [1.807, 2.05) is 6.92 Å².